The SMILES string of the molecule is CCC(C)NC(=O)Cn1nc2cnccn2c1=O. The zero-order valence-electron chi connectivity index (χ0n) is 10.3. The van der Waals surface area contributed by atoms with Crippen molar-refractivity contribution in [1.82, 2.24) is 24.5 Å². The summed E-state index contributed by atoms with van der Waals surface area (Å²) in [6, 6.07) is 0.0897. The molecule has 0 aliphatic carbocycles. The minimum Gasteiger partial charge on any atom is -0.352 e. The molecule has 1 amide bonds. The van der Waals surface area contributed by atoms with E-state index in [0.29, 0.717) is 5.65 Å². The summed E-state index contributed by atoms with van der Waals surface area (Å²) in [7, 11) is 0. The van der Waals surface area contributed by atoms with Crippen LogP contribution in [0.1, 0.15) is 20.3 Å². The summed E-state index contributed by atoms with van der Waals surface area (Å²) in [6.45, 7) is 3.81. The molecule has 2 aromatic rings. The van der Waals surface area contributed by atoms with E-state index in [2.05, 4.69) is 15.4 Å². The van der Waals surface area contributed by atoms with Crippen molar-refractivity contribution in [3.05, 3.63) is 29.1 Å². The summed E-state index contributed by atoms with van der Waals surface area (Å²) in [5.41, 5.74) is 0.0885. The molecular formula is C11H15N5O2. The van der Waals surface area contributed by atoms with E-state index in [9.17, 15) is 9.59 Å². The number of rotatable bonds is 4. The largest absolute Gasteiger partial charge is 0.352 e. The Balaban J connectivity index is 2.20. The van der Waals surface area contributed by atoms with E-state index in [4.69, 9.17) is 0 Å². The standard InChI is InChI=1S/C11H15N5O2/c1-3-8(2)13-10(17)7-16-11(18)15-5-4-12-6-9(15)14-16/h4-6,8H,3,7H2,1-2H3,(H,13,17). The van der Waals surface area contributed by atoms with Crippen LogP contribution in [0.4, 0.5) is 0 Å². The van der Waals surface area contributed by atoms with Crippen molar-refractivity contribution in [3.8, 4) is 0 Å². The van der Waals surface area contributed by atoms with Crippen molar-refractivity contribution in [2.45, 2.75) is 32.9 Å². The van der Waals surface area contributed by atoms with E-state index >= 15 is 0 Å². The topological polar surface area (TPSA) is 81.3 Å². The monoisotopic (exact) mass is 249 g/mol. The fourth-order valence-corrected chi connectivity index (χ4v) is 1.54. The molecule has 0 aliphatic rings. The van der Waals surface area contributed by atoms with E-state index in [1.54, 1.807) is 0 Å². The highest BCUT2D eigenvalue weighted by Crippen LogP contribution is 1.93. The molecule has 0 aliphatic heterocycles. The highest BCUT2D eigenvalue weighted by Gasteiger charge is 2.11. The lowest BCUT2D eigenvalue weighted by atomic mass is 10.2. The number of aromatic nitrogens is 4. The molecule has 1 atom stereocenters. The molecule has 0 aromatic carbocycles. The van der Waals surface area contributed by atoms with Crippen LogP contribution < -0.4 is 11.0 Å². The van der Waals surface area contributed by atoms with Gasteiger partial charge in [-0.2, -0.15) is 0 Å². The number of nitrogens with one attached hydrogen (secondary N) is 1. The quantitative estimate of drug-likeness (QED) is 0.814. The third-order valence-electron chi connectivity index (χ3n) is 2.70. The molecule has 0 fully saturated rings. The van der Waals surface area contributed by atoms with E-state index < -0.39 is 0 Å². The number of nitrogens with zero attached hydrogens (tertiary/aromatic N) is 4. The van der Waals surface area contributed by atoms with E-state index in [1.165, 1.54) is 23.0 Å². The van der Waals surface area contributed by atoms with Crippen LogP contribution in [0.25, 0.3) is 5.65 Å². The second-order valence-electron chi connectivity index (χ2n) is 4.12. The molecule has 0 saturated carbocycles. The average Bonchev–Trinajstić information content (AvgIpc) is 2.66. The lowest BCUT2D eigenvalue weighted by Gasteiger charge is -2.10. The van der Waals surface area contributed by atoms with Gasteiger partial charge in [0.25, 0.3) is 0 Å². The second kappa shape index (κ2) is 4.99. The molecule has 1 unspecified atom stereocenters. The van der Waals surface area contributed by atoms with Crippen LogP contribution in [0.15, 0.2) is 23.4 Å². The molecule has 7 heteroatoms. The van der Waals surface area contributed by atoms with Crippen molar-refractivity contribution >= 4 is 11.6 Å². The van der Waals surface area contributed by atoms with Crippen LogP contribution in [0, 0.1) is 0 Å². The van der Waals surface area contributed by atoms with Gasteiger partial charge in [0, 0.05) is 18.4 Å². The Morgan fingerprint density at radius 1 is 1.56 bits per heavy atom. The third kappa shape index (κ3) is 2.39. The van der Waals surface area contributed by atoms with E-state index in [0.717, 1.165) is 11.1 Å². The molecule has 1 N–H and O–H groups in total. The summed E-state index contributed by atoms with van der Waals surface area (Å²) in [5.74, 6) is -0.220. The maximum Gasteiger partial charge on any atom is 0.350 e. The minimum atomic E-state index is -0.341. The van der Waals surface area contributed by atoms with Crippen LogP contribution in [0.5, 0.6) is 0 Å². The Kier molecular flexibility index (Phi) is 3.40. The number of fused-ring (bicyclic) bond motifs is 1. The van der Waals surface area contributed by atoms with Crippen molar-refractivity contribution < 1.29 is 4.79 Å². The fraction of sp³-hybridized carbons (Fsp3) is 0.455. The molecule has 0 bridgehead atoms. The van der Waals surface area contributed by atoms with Gasteiger partial charge in [0.1, 0.15) is 6.54 Å². The second-order valence-corrected chi connectivity index (χ2v) is 4.12. The highest BCUT2D eigenvalue weighted by molar-refractivity contribution is 5.75. The Labute approximate surface area is 103 Å². The summed E-state index contributed by atoms with van der Waals surface area (Å²) in [4.78, 5) is 27.4. The molecule has 2 aromatic heterocycles. The number of amides is 1. The molecule has 0 saturated heterocycles. The van der Waals surface area contributed by atoms with Crippen LogP contribution in [0.2, 0.25) is 0 Å². The van der Waals surface area contributed by atoms with Gasteiger partial charge < -0.3 is 5.32 Å². The fourth-order valence-electron chi connectivity index (χ4n) is 1.54. The number of carbonyl (C=O) groups is 1. The van der Waals surface area contributed by atoms with Gasteiger partial charge in [-0.15, -0.1) is 5.10 Å². The maximum atomic E-state index is 11.9. The molecule has 7 nitrogen and oxygen atoms in total. The lowest BCUT2D eigenvalue weighted by molar-refractivity contribution is -0.122. The van der Waals surface area contributed by atoms with Crippen LogP contribution in [-0.2, 0) is 11.3 Å². The van der Waals surface area contributed by atoms with Gasteiger partial charge in [0.15, 0.2) is 5.65 Å². The number of carbonyl (C=O) groups excluding carboxylic acids is 1. The third-order valence-corrected chi connectivity index (χ3v) is 2.70. The number of hydrogen-bond donors (Lipinski definition) is 1. The van der Waals surface area contributed by atoms with Gasteiger partial charge in [-0.3, -0.25) is 9.78 Å². The first kappa shape index (κ1) is 12.3. The van der Waals surface area contributed by atoms with Gasteiger partial charge in [-0.1, -0.05) is 6.92 Å². The first-order valence-corrected chi connectivity index (χ1v) is 5.80. The van der Waals surface area contributed by atoms with Gasteiger partial charge in [-0.05, 0) is 13.3 Å². The van der Waals surface area contributed by atoms with Crippen LogP contribution in [0.3, 0.4) is 0 Å². The summed E-state index contributed by atoms with van der Waals surface area (Å²) in [6.07, 6.45) is 5.34. The molecular weight excluding hydrogens is 234 g/mol. The molecule has 96 valence electrons. The molecule has 0 radical (unpaired) electrons. The Bertz CT molecular complexity index is 615. The Hall–Kier alpha value is -2.18. The van der Waals surface area contributed by atoms with Gasteiger partial charge in [0.05, 0.1) is 6.20 Å². The van der Waals surface area contributed by atoms with Gasteiger partial charge in [0.2, 0.25) is 5.91 Å². The van der Waals surface area contributed by atoms with Gasteiger partial charge in [-0.25, -0.2) is 13.9 Å². The number of hydrogen-bond acceptors (Lipinski definition) is 4. The first-order chi connectivity index (χ1) is 8.61. The van der Waals surface area contributed by atoms with Crippen LogP contribution in [-0.4, -0.2) is 31.1 Å². The van der Waals surface area contributed by atoms with E-state index in [-0.39, 0.29) is 24.2 Å². The summed E-state index contributed by atoms with van der Waals surface area (Å²) in [5, 5.41) is 6.82. The molecule has 0 spiro atoms. The Morgan fingerprint density at radius 3 is 3.00 bits per heavy atom. The summed E-state index contributed by atoms with van der Waals surface area (Å²) < 4.78 is 2.48. The highest BCUT2D eigenvalue weighted by atomic mass is 16.2. The zero-order valence-corrected chi connectivity index (χ0v) is 10.3. The van der Waals surface area contributed by atoms with Crippen LogP contribution >= 0.6 is 0 Å². The Morgan fingerprint density at radius 2 is 2.33 bits per heavy atom. The zero-order chi connectivity index (χ0) is 13.1. The average molecular weight is 249 g/mol. The lowest BCUT2D eigenvalue weighted by Crippen LogP contribution is -2.37. The van der Waals surface area contributed by atoms with Crippen molar-refractivity contribution in [3.63, 3.8) is 0 Å². The van der Waals surface area contributed by atoms with Gasteiger partial charge >= 0.3 is 5.69 Å². The van der Waals surface area contributed by atoms with Crippen molar-refractivity contribution in [2.24, 2.45) is 0 Å². The van der Waals surface area contributed by atoms with Crippen molar-refractivity contribution in [2.75, 3.05) is 0 Å². The smallest absolute Gasteiger partial charge is 0.350 e. The maximum absolute atomic E-state index is 11.9. The normalized spacial score (nSPS) is 12.6. The molecule has 2 heterocycles. The van der Waals surface area contributed by atoms with Crippen molar-refractivity contribution in [1.29, 1.82) is 0 Å². The molecule has 18 heavy (non-hydrogen) atoms. The molecule has 2 rings (SSSR count). The predicted molar refractivity (Wildman–Crippen MR) is 65.1 cm³/mol. The first-order valence-electron chi connectivity index (χ1n) is 5.80. The summed E-state index contributed by atoms with van der Waals surface area (Å²) >= 11 is 0. The predicted octanol–water partition coefficient (Wildman–Crippen LogP) is -0.194. The van der Waals surface area contributed by atoms with E-state index in [1.807, 2.05) is 13.8 Å². The minimum absolute atomic E-state index is 0.0785.